The Bertz CT molecular complexity index is 1100. The zero-order valence-electron chi connectivity index (χ0n) is 18.1. The lowest BCUT2D eigenvalue weighted by atomic mass is 9.55. The number of phenolic OH excluding ortho intramolecular Hbond substituents is 1. The van der Waals surface area contributed by atoms with E-state index < -0.39 is 11.5 Å². The molecular formula is C25H30N2O4. The molecule has 0 amide bonds. The minimum Gasteiger partial charge on any atom is -0.508 e. The molecule has 1 aromatic heterocycles. The first-order chi connectivity index (χ1) is 14.8. The number of aromatic carboxylic acids is 1. The van der Waals surface area contributed by atoms with E-state index in [1.807, 2.05) is 12.1 Å². The highest BCUT2D eigenvalue weighted by Crippen LogP contribution is 2.51. The maximum absolute atomic E-state index is 12.4. The number of piperidine rings is 1. The standard InChI is InChI=1S/C25H30N2O4/c1-14-3-6-18(28)11-20(14)25-7-8-27(13-16-4-5-16)15(2)21(25)10-17-9-19(24(30)31)23(29)26-22(17)12-25/h3,6,9,11,15-16,21,28H,4-5,7-8,10,12-13H2,1-2H3,(H,26,29)(H,30,31)/t15-,21+,25-/m1/s1. The first-order valence-electron chi connectivity index (χ1n) is 11.3. The average Bonchev–Trinajstić information content (AvgIpc) is 3.54. The van der Waals surface area contributed by atoms with E-state index in [2.05, 4.69) is 23.7 Å². The minimum absolute atomic E-state index is 0.182. The highest BCUT2D eigenvalue weighted by molar-refractivity contribution is 5.87. The molecule has 1 aromatic carbocycles. The number of aryl methyl sites for hydroxylation is 1. The number of aromatic hydroxyl groups is 1. The SMILES string of the molecule is Cc1ccc(O)cc1[C@]12CCN(CC3CC3)[C@H](C)[C@@H]1Cc1cc(C(=O)O)c(=O)[nH]c1C2. The normalized spacial score (nSPS) is 28.1. The summed E-state index contributed by atoms with van der Waals surface area (Å²) in [6, 6.07) is 7.53. The fourth-order valence-electron chi connectivity index (χ4n) is 6.16. The van der Waals surface area contributed by atoms with E-state index in [1.165, 1.54) is 12.8 Å². The number of H-pyrrole nitrogens is 1. The first kappa shape index (κ1) is 20.3. The third kappa shape index (κ3) is 3.37. The van der Waals surface area contributed by atoms with Crippen molar-refractivity contribution in [2.75, 3.05) is 13.1 Å². The van der Waals surface area contributed by atoms with Crippen LogP contribution in [0.2, 0.25) is 0 Å². The van der Waals surface area contributed by atoms with Crippen LogP contribution in [0.5, 0.6) is 5.75 Å². The molecule has 1 aliphatic heterocycles. The molecule has 2 heterocycles. The molecule has 0 spiro atoms. The van der Waals surface area contributed by atoms with E-state index in [-0.39, 0.29) is 22.6 Å². The van der Waals surface area contributed by atoms with Crippen molar-refractivity contribution in [3.05, 3.63) is 62.6 Å². The minimum atomic E-state index is -1.18. The van der Waals surface area contributed by atoms with Gasteiger partial charge in [-0.3, -0.25) is 4.79 Å². The van der Waals surface area contributed by atoms with Crippen LogP contribution >= 0.6 is 0 Å². The van der Waals surface area contributed by atoms with Crippen molar-refractivity contribution in [1.82, 2.24) is 9.88 Å². The van der Waals surface area contributed by atoms with Gasteiger partial charge in [0.1, 0.15) is 11.3 Å². The van der Waals surface area contributed by atoms with Crippen LogP contribution in [0.15, 0.2) is 29.1 Å². The van der Waals surface area contributed by atoms with Gasteiger partial charge in [0.25, 0.3) is 5.56 Å². The molecule has 1 saturated carbocycles. The van der Waals surface area contributed by atoms with E-state index in [4.69, 9.17) is 0 Å². The van der Waals surface area contributed by atoms with Gasteiger partial charge in [-0.25, -0.2) is 4.79 Å². The van der Waals surface area contributed by atoms with E-state index in [9.17, 15) is 19.8 Å². The summed E-state index contributed by atoms with van der Waals surface area (Å²) in [7, 11) is 0. The van der Waals surface area contributed by atoms with Gasteiger partial charge in [0.2, 0.25) is 0 Å². The fourth-order valence-corrected chi connectivity index (χ4v) is 6.16. The van der Waals surface area contributed by atoms with Gasteiger partial charge in [0.15, 0.2) is 0 Å². The lowest BCUT2D eigenvalue weighted by Gasteiger charge is -2.55. The van der Waals surface area contributed by atoms with E-state index in [1.54, 1.807) is 12.1 Å². The van der Waals surface area contributed by atoms with Gasteiger partial charge in [0.05, 0.1) is 0 Å². The van der Waals surface area contributed by atoms with Crippen LogP contribution in [0, 0.1) is 18.8 Å². The third-order valence-corrected chi connectivity index (χ3v) is 8.04. The molecule has 2 aromatic rings. The van der Waals surface area contributed by atoms with Crippen LogP contribution in [-0.2, 0) is 18.3 Å². The summed E-state index contributed by atoms with van der Waals surface area (Å²) in [5.74, 6) is 0.169. The van der Waals surface area contributed by atoms with Gasteiger partial charge < -0.3 is 20.1 Å². The van der Waals surface area contributed by atoms with Crippen molar-refractivity contribution in [1.29, 1.82) is 0 Å². The number of fused-ring (bicyclic) bond motifs is 2. The number of benzene rings is 1. The maximum Gasteiger partial charge on any atom is 0.341 e. The van der Waals surface area contributed by atoms with Crippen LogP contribution < -0.4 is 5.56 Å². The first-order valence-corrected chi connectivity index (χ1v) is 11.3. The zero-order chi connectivity index (χ0) is 21.9. The average molecular weight is 423 g/mol. The Morgan fingerprint density at radius 2 is 2.06 bits per heavy atom. The number of nitrogens with zero attached hydrogens (tertiary/aromatic N) is 1. The molecule has 2 aliphatic carbocycles. The Hall–Kier alpha value is -2.60. The van der Waals surface area contributed by atoms with Gasteiger partial charge >= 0.3 is 5.97 Å². The number of hydrogen-bond acceptors (Lipinski definition) is 4. The van der Waals surface area contributed by atoms with Crippen molar-refractivity contribution < 1.29 is 15.0 Å². The summed E-state index contributed by atoms with van der Waals surface area (Å²) < 4.78 is 0. The molecule has 0 unspecified atom stereocenters. The predicted octanol–water partition coefficient (Wildman–Crippen LogP) is 3.24. The van der Waals surface area contributed by atoms with Gasteiger partial charge in [0, 0.05) is 23.7 Å². The van der Waals surface area contributed by atoms with Crippen molar-refractivity contribution in [3.63, 3.8) is 0 Å². The van der Waals surface area contributed by atoms with Gasteiger partial charge in [-0.1, -0.05) is 6.07 Å². The predicted molar refractivity (Wildman–Crippen MR) is 118 cm³/mol. The lowest BCUT2D eigenvalue weighted by Crippen LogP contribution is -2.59. The zero-order valence-corrected chi connectivity index (χ0v) is 18.1. The summed E-state index contributed by atoms with van der Waals surface area (Å²) in [4.78, 5) is 29.5. The van der Waals surface area contributed by atoms with Crippen molar-refractivity contribution in [2.24, 2.45) is 11.8 Å². The second kappa shape index (κ2) is 7.23. The molecule has 3 N–H and O–H groups in total. The summed E-state index contributed by atoms with van der Waals surface area (Å²) in [6.45, 7) is 6.52. The second-order valence-corrected chi connectivity index (χ2v) is 9.89. The van der Waals surface area contributed by atoms with Crippen molar-refractivity contribution in [3.8, 4) is 5.75 Å². The number of pyridine rings is 1. The molecular weight excluding hydrogens is 392 g/mol. The van der Waals surface area contributed by atoms with Crippen LogP contribution in [0.4, 0.5) is 0 Å². The maximum atomic E-state index is 12.4. The quantitative estimate of drug-likeness (QED) is 0.703. The topological polar surface area (TPSA) is 93.6 Å². The van der Waals surface area contributed by atoms with E-state index >= 15 is 0 Å². The van der Waals surface area contributed by atoms with E-state index in [0.29, 0.717) is 12.5 Å². The van der Waals surface area contributed by atoms with Crippen LogP contribution in [0.1, 0.15) is 58.9 Å². The monoisotopic (exact) mass is 422 g/mol. The number of carboxylic acids is 1. The van der Waals surface area contributed by atoms with Crippen LogP contribution in [-0.4, -0.2) is 45.2 Å². The van der Waals surface area contributed by atoms with E-state index in [0.717, 1.165) is 54.2 Å². The largest absolute Gasteiger partial charge is 0.508 e. The summed E-state index contributed by atoms with van der Waals surface area (Å²) >= 11 is 0. The Labute approximate surface area is 181 Å². The fraction of sp³-hybridized carbons (Fsp3) is 0.520. The molecule has 164 valence electrons. The molecule has 6 heteroatoms. The second-order valence-electron chi connectivity index (χ2n) is 9.89. The van der Waals surface area contributed by atoms with Gasteiger partial charge in [-0.05, 0) is 99.2 Å². The lowest BCUT2D eigenvalue weighted by molar-refractivity contribution is 0.0246. The summed E-state index contributed by atoms with van der Waals surface area (Å²) in [6.07, 6.45) is 4.98. The Morgan fingerprint density at radius 1 is 1.29 bits per heavy atom. The molecule has 3 aliphatic rings. The number of nitrogens with one attached hydrogen (secondary N) is 1. The Morgan fingerprint density at radius 3 is 2.77 bits per heavy atom. The summed E-state index contributed by atoms with van der Waals surface area (Å²) in [5, 5.41) is 19.7. The third-order valence-electron chi connectivity index (χ3n) is 8.04. The van der Waals surface area contributed by atoms with Crippen LogP contribution in [0.3, 0.4) is 0 Å². The van der Waals surface area contributed by atoms with Gasteiger partial charge in [-0.15, -0.1) is 0 Å². The molecule has 1 saturated heterocycles. The van der Waals surface area contributed by atoms with Crippen molar-refractivity contribution >= 4 is 5.97 Å². The highest BCUT2D eigenvalue weighted by atomic mass is 16.4. The molecule has 6 nitrogen and oxygen atoms in total. The Balaban J connectivity index is 1.63. The number of rotatable bonds is 4. The number of phenols is 1. The number of aromatic amines is 1. The highest BCUT2D eigenvalue weighted by Gasteiger charge is 2.51. The number of carbonyl (C=O) groups is 1. The Kier molecular flexibility index (Phi) is 4.74. The molecule has 3 atom stereocenters. The smallest absolute Gasteiger partial charge is 0.341 e. The van der Waals surface area contributed by atoms with Crippen LogP contribution in [0.25, 0.3) is 0 Å². The van der Waals surface area contributed by atoms with Crippen molar-refractivity contribution in [2.45, 2.75) is 57.4 Å². The molecule has 0 bridgehead atoms. The molecule has 2 fully saturated rings. The number of hydrogen-bond donors (Lipinski definition) is 3. The molecule has 31 heavy (non-hydrogen) atoms. The summed E-state index contributed by atoms with van der Waals surface area (Å²) in [5.41, 5.74) is 3.18. The number of likely N-dealkylation sites (tertiary alicyclic amines) is 1. The van der Waals surface area contributed by atoms with Gasteiger partial charge in [-0.2, -0.15) is 0 Å². The number of carboxylic acid groups (broad SMARTS) is 1. The number of aromatic nitrogens is 1. The molecule has 0 radical (unpaired) electrons. The molecule has 5 rings (SSSR count).